The summed E-state index contributed by atoms with van der Waals surface area (Å²) in [6.45, 7) is 0. The third kappa shape index (κ3) is 1.09. The molecule has 2 nitrogen and oxygen atoms in total. The maximum Gasteiger partial charge on any atom is 0.202 e. The fourth-order valence-electron chi connectivity index (χ4n) is 0.597. The van der Waals surface area contributed by atoms with Gasteiger partial charge in [-0.15, -0.1) is 0 Å². The highest BCUT2D eigenvalue weighted by molar-refractivity contribution is 5.45. The fraction of sp³-hybridized carbons (Fsp3) is 0. The molecule has 0 aromatic heterocycles. The average Bonchev–Trinajstić information content (AvgIpc) is 1.97. The molecule has 0 radical (unpaired) electrons. The molecule has 11 heavy (non-hydrogen) atoms. The van der Waals surface area contributed by atoms with Crippen LogP contribution in [0.15, 0.2) is 6.07 Å². The van der Waals surface area contributed by atoms with E-state index in [1.807, 2.05) is 0 Å². The molecular formula is C6H4F3NO. The van der Waals surface area contributed by atoms with Crippen molar-refractivity contribution in [2.45, 2.75) is 0 Å². The molecular weight excluding hydrogens is 159 g/mol. The van der Waals surface area contributed by atoms with Gasteiger partial charge < -0.3 is 10.8 Å². The van der Waals surface area contributed by atoms with Crippen LogP contribution in [0, 0.1) is 17.5 Å². The molecule has 60 valence electrons. The lowest BCUT2D eigenvalue weighted by Gasteiger charge is -2.00. The smallest absolute Gasteiger partial charge is 0.202 e. The molecule has 0 aliphatic rings. The van der Waals surface area contributed by atoms with E-state index >= 15 is 0 Å². The summed E-state index contributed by atoms with van der Waals surface area (Å²) in [6.07, 6.45) is 0. The van der Waals surface area contributed by atoms with Gasteiger partial charge in [0.1, 0.15) is 5.69 Å². The van der Waals surface area contributed by atoms with Crippen molar-refractivity contribution in [2.75, 3.05) is 5.73 Å². The number of hydrogen-bond donors (Lipinski definition) is 2. The van der Waals surface area contributed by atoms with Gasteiger partial charge in [-0.25, -0.2) is 8.78 Å². The van der Waals surface area contributed by atoms with Crippen molar-refractivity contribution in [1.29, 1.82) is 0 Å². The molecule has 1 rings (SSSR count). The fourth-order valence-corrected chi connectivity index (χ4v) is 0.597. The van der Waals surface area contributed by atoms with Crippen molar-refractivity contribution in [3.05, 3.63) is 23.5 Å². The van der Waals surface area contributed by atoms with E-state index in [0.717, 1.165) is 0 Å². The Labute approximate surface area is 60.1 Å². The molecule has 0 spiro atoms. The van der Waals surface area contributed by atoms with Crippen LogP contribution in [0.3, 0.4) is 0 Å². The van der Waals surface area contributed by atoms with Crippen LogP contribution in [0.25, 0.3) is 0 Å². The van der Waals surface area contributed by atoms with Gasteiger partial charge in [0.2, 0.25) is 5.82 Å². The van der Waals surface area contributed by atoms with Crippen LogP contribution >= 0.6 is 0 Å². The van der Waals surface area contributed by atoms with Crippen LogP contribution in [-0.4, -0.2) is 5.11 Å². The predicted molar refractivity (Wildman–Crippen MR) is 32.4 cm³/mol. The van der Waals surface area contributed by atoms with E-state index in [4.69, 9.17) is 10.8 Å². The average molecular weight is 163 g/mol. The lowest BCUT2D eigenvalue weighted by atomic mass is 10.2. The number of anilines is 1. The highest BCUT2D eigenvalue weighted by Gasteiger charge is 2.15. The first-order chi connectivity index (χ1) is 5.04. The summed E-state index contributed by atoms with van der Waals surface area (Å²) in [5.41, 5.74) is 3.82. The monoisotopic (exact) mass is 163 g/mol. The summed E-state index contributed by atoms with van der Waals surface area (Å²) in [5.74, 6) is -5.37. The van der Waals surface area contributed by atoms with E-state index < -0.39 is 28.9 Å². The standard InChI is InChI=1S/C6H4F3NO/c7-2-1-3(11)4(8)5(9)6(2)10/h1,11H,10H2. The van der Waals surface area contributed by atoms with E-state index in [1.54, 1.807) is 0 Å². The van der Waals surface area contributed by atoms with E-state index in [9.17, 15) is 13.2 Å². The minimum absolute atomic E-state index is 0.410. The first kappa shape index (κ1) is 7.71. The summed E-state index contributed by atoms with van der Waals surface area (Å²) in [7, 11) is 0. The van der Waals surface area contributed by atoms with Gasteiger partial charge in [-0.3, -0.25) is 0 Å². The van der Waals surface area contributed by atoms with Crippen molar-refractivity contribution in [1.82, 2.24) is 0 Å². The highest BCUT2D eigenvalue weighted by Crippen LogP contribution is 2.25. The molecule has 0 unspecified atom stereocenters. The van der Waals surface area contributed by atoms with Crippen LogP contribution in [0.1, 0.15) is 0 Å². The number of phenolic OH excluding ortho intramolecular Hbond substituents is 1. The third-order valence-electron chi connectivity index (χ3n) is 1.17. The molecule has 0 aliphatic carbocycles. The van der Waals surface area contributed by atoms with Crippen LogP contribution in [0.4, 0.5) is 18.9 Å². The number of phenols is 1. The molecule has 0 saturated heterocycles. The first-order valence-corrected chi connectivity index (χ1v) is 2.66. The largest absolute Gasteiger partial charge is 0.505 e. The van der Waals surface area contributed by atoms with Crippen molar-refractivity contribution >= 4 is 5.69 Å². The number of benzene rings is 1. The SMILES string of the molecule is Nc1c(F)cc(O)c(F)c1F. The van der Waals surface area contributed by atoms with E-state index in [-0.39, 0.29) is 0 Å². The summed E-state index contributed by atoms with van der Waals surface area (Å²) >= 11 is 0. The molecule has 1 aromatic carbocycles. The van der Waals surface area contributed by atoms with Crippen molar-refractivity contribution in [2.24, 2.45) is 0 Å². The number of nitrogens with two attached hydrogens (primary N) is 1. The Bertz CT molecular complexity index is 274. The van der Waals surface area contributed by atoms with Gasteiger partial charge in [0.25, 0.3) is 0 Å². The first-order valence-electron chi connectivity index (χ1n) is 2.66. The molecule has 0 bridgehead atoms. The van der Waals surface area contributed by atoms with Crippen molar-refractivity contribution in [3.8, 4) is 5.75 Å². The van der Waals surface area contributed by atoms with Crippen LogP contribution in [0.5, 0.6) is 5.75 Å². The predicted octanol–water partition coefficient (Wildman–Crippen LogP) is 1.39. The van der Waals surface area contributed by atoms with Crippen LogP contribution in [0.2, 0.25) is 0 Å². The molecule has 0 fully saturated rings. The molecule has 0 atom stereocenters. The van der Waals surface area contributed by atoms with Crippen molar-refractivity contribution in [3.63, 3.8) is 0 Å². The molecule has 0 amide bonds. The Morgan fingerprint density at radius 3 is 2.27 bits per heavy atom. The quantitative estimate of drug-likeness (QED) is 0.345. The van der Waals surface area contributed by atoms with Gasteiger partial charge in [0.15, 0.2) is 17.4 Å². The Morgan fingerprint density at radius 2 is 1.73 bits per heavy atom. The van der Waals surface area contributed by atoms with Crippen LogP contribution in [-0.2, 0) is 0 Å². The van der Waals surface area contributed by atoms with Gasteiger partial charge >= 0.3 is 0 Å². The molecule has 0 saturated carbocycles. The van der Waals surface area contributed by atoms with Crippen molar-refractivity contribution < 1.29 is 18.3 Å². The lowest BCUT2D eigenvalue weighted by Crippen LogP contribution is -1.98. The van der Waals surface area contributed by atoms with Crippen LogP contribution < -0.4 is 5.73 Å². The van der Waals surface area contributed by atoms with E-state index in [1.165, 1.54) is 0 Å². The van der Waals surface area contributed by atoms with Gasteiger partial charge in [0.05, 0.1) is 0 Å². The highest BCUT2D eigenvalue weighted by atomic mass is 19.2. The van der Waals surface area contributed by atoms with Gasteiger partial charge in [-0.1, -0.05) is 0 Å². The summed E-state index contributed by atoms with van der Waals surface area (Å²) < 4.78 is 37.0. The zero-order valence-corrected chi connectivity index (χ0v) is 5.24. The minimum atomic E-state index is -1.57. The molecule has 0 aliphatic heterocycles. The van der Waals surface area contributed by atoms with E-state index in [2.05, 4.69) is 0 Å². The Balaban J connectivity index is 3.46. The summed E-state index contributed by atoms with van der Waals surface area (Å²) in [4.78, 5) is 0. The zero-order chi connectivity index (χ0) is 8.59. The minimum Gasteiger partial charge on any atom is -0.505 e. The zero-order valence-electron chi connectivity index (χ0n) is 5.24. The Morgan fingerprint density at radius 1 is 1.18 bits per heavy atom. The molecule has 5 heteroatoms. The number of rotatable bonds is 0. The summed E-state index contributed by atoms with van der Waals surface area (Å²) in [5, 5.41) is 8.49. The number of halogens is 3. The maximum absolute atomic E-state index is 12.4. The van der Waals surface area contributed by atoms with Gasteiger partial charge in [-0.2, -0.15) is 4.39 Å². The number of aromatic hydroxyl groups is 1. The lowest BCUT2D eigenvalue weighted by molar-refractivity contribution is 0.401. The van der Waals surface area contributed by atoms with Gasteiger partial charge in [-0.05, 0) is 0 Å². The Kier molecular flexibility index (Phi) is 1.64. The molecule has 3 N–H and O–H groups in total. The number of nitrogen functional groups attached to an aromatic ring is 1. The summed E-state index contributed by atoms with van der Waals surface area (Å²) in [6, 6.07) is 0.410. The third-order valence-corrected chi connectivity index (χ3v) is 1.17. The molecule has 1 aromatic rings. The second-order valence-corrected chi connectivity index (χ2v) is 1.92. The second-order valence-electron chi connectivity index (χ2n) is 1.92. The number of hydrogen-bond acceptors (Lipinski definition) is 2. The maximum atomic E-state index is 12.4. The van der Waals surface area contributed by atoms with E-state index in [0.29, 0.717) is 6.07 Å². The molecule has 0 heterocycles. The Hall–Kier alpha value is -1.39. The normalized spacial score (nSPS) is 10.1. The second kappa shape index (κ2) is 2.34. The van der Waals surface area contributed by atoms with Gasteiger partial charge in [0, 0.05) is 6.07 Å². The topological polar surface area (TPSA) is 46.2 Å².